The second kappa shape index (κ2) is 7.25. The lowest BCUT2D eigenvalue weighted by atomic mass is 9.83. The number of nitrogens with zero attached hydrogens (tertiary/aromatic N) is 2. The minimum Gasteiger partial charge on any atom is -0.316 e. The van der Waals surface area contributed by atoms with Crippen LogP contribution in [-0.2, 0) is 0 Å². The van der Waals surface area contributed by atoms with Crippen LogP contribution in [0.3, 0.4) is 0 Å². The molecule has 3 atom stereocenters. The van der Waals surface area contributed by atoms with E-state index in [1.54, 1.807) is 0 Å². The molecular weight excluding hydrogens is 254 g/mol. The van der Waals surface area contributed by atoms with E-state index in [2.05, 4.69) is 29.3 Å². The Balaban J connectivity index is 1.99. The Kier molecular flexibility index (Phi) is 5.64. The Morgan fingerprint density at radius 1 is 1.32 bits per heavy atom. The average Bonchev–Trinajstić information content (AvgIpc) is 2.42. The van der Waals surface area contributed by atoms with Crippen LogP contribution < -0.4 is 5.32 Å². The van der Waals surface area contributed by atoms with E-state index < -0.39 is 0 Å². The van der Waals surface area contributed by atoms with E-state index >= 15 is 0 Å². The van der Waals surface area contributed by atoms with E-state index in [1.165, 1.54) is 32.1 Å². The highest BCUT2D eigenvalue weighted by Crippen LogP contribution is 2.36. The number of aryl methyl sites for hydroxylation is 1. The molecule has 2 rings (SSSR count). The van der Waals surface area contributed by atoms with Gasteiger partial charge in [0.2, 0.25) is 0 Å². The molecule has 1 aliphatic rings. The first kappa shape index (κ1) is 14.8. The second-order valence-corrected chi connectivity index (χ2v) is 6.77. The van der Waals surface area contributed by atoms with E-state index in [4.69, 9.17) is 0 Å². The molecule has 0 radical (unpaired) electrons. The first-order chi connectivity index (χ1) is 9.22. The summed E-state index contributed by atoms with van der Waals surface area (Å²) in [5, 5.41) is 5.01. The monoisotopic (exact) mass is 279 g/mol. The normalized spacial score (nSPS) is 27.4. The molecule has 1 saturated carbocycles. The zero-order valence-electron chi connectivity index (χ0n) is 12.2. The van der Waals surface area contributed by atoms with Crippen molar-refractivity contribution in [2.24, 2.45) is 5.92 Å². The van der Waals surface area contributed by atoms with Crippen LogP contribution >= 0.6 is 11.8 Å². The molecule has 1 fully saturated rings. The van der Waals surface area contributed by atoms with Crippen LogP contribution in [0.5, 0.6) is 0 Å². The predicted octanol–water partition coefficient (Wildman–Crippen LogP) is 3.43. The number of hydrogen-bond donors (Lipinski definition) is 1. The van der Waals surface area contributed by atoms with Gasteiger partial charge in [-0.25, -0.2) is 9.97 Å². The summed E-state index contributed by atoms with van der Waals surface area (Å²) in [7, 11) is 2.08. The molecule has 0 amide bonds. The van der Waals surface area contributed by atoms with Crippen molar-refractivity contribution < 1.29 is 0 Å². The van der Waals surface area contributed by atoms with E-state index in [-0.39, 0.29) is 0 Å². The zero-order chi connectivity index (χ0) is 13.7. The summed E-state index contributed by atoms with van der Waals surface area (Å²) in [6.45, 7) is 4.32. The molecule has 1 aromatic rings. The minimum atomic E-state index is 0.600. The van der Waals surface area contributed by atoms with Crippen molar-refractivity contribution in [3.63, 3.8) is 0 Å². The highest BCUT2D eigenvalue weighted by molar-refractivity contribution is 7.99. The summed E-state index contributed by atoms with van der Waals surface area (Å²) in [5.41, 5.74) is 1.13. The van der Waals surface area contributed by atoms with Gasteiger partial charge in [-0.2, -0.15) is 0 Å². The number of nitrogens with one attached hydrogen (secondary N) is 1. The van der Waals surface area contributed by atoms with Gasteiger partial charge in [0.15, 0.2) is 5.16 Å². The molecule has 1 heterocycles. The number of hydrogen-bond acceptors (Lipinski definition) is 4. The van der Waals surface area contributed by atoms with Crippen molar-refractivity contribution in [1.29, 1.82) is 0 Å². The highest BCUT2D eigenvalue weighted by Gasteiger charge is 2.30. The molecule has 0 aromatic carbocycles. The average molecular weight is 279 g/mol. The molecule has 0 saturated heterocycles. The summed E-state index contributed by atoms with van der Waals surface area (Å²) in [6.07, 6.45) is 10.4. The van der Waals surface area contributed by atoms with Gasteiger partial charge in [-0.3, -0.25) is 0 Å². The maximum atomic E-state index is 4.44. The lowest BCUT2D eigenvalue weighted by Crippen LogP contribution is -2.40. The highest BCUT2D eigenvalue weighted by atomic mass is 32.2. The van der Waals surface area contributed by atoms with E-state index in [9.17, 15) is 0 Å². The Bertz CT molecular complexity index is 379. The molecule has 1 N–H and O–H groups in total. The maximum Gasteiger partial charge on any atom is 0.187 e. The van der Waals surface area contributed by atoms with Gasteiger partial charge >= 0.3 is 0 Å². The zero-order valence-corrected chi connectivity index (χ0v) is 13.0. The molecule has 4 heteroatoms. The van der Waals surface area contributed by atoms with Gasteiger partial charge in [0.25, 0.3) is 0 Å². The van der Waals surface area contributed by atoms with Gasteiger partial charge in [-0.05, 0) is 44.7 Å². The molecule has 3 nitrogen and oxygen atoms in total. The third kappa shape index (κ3) is 4.18. The largest absolute Gasteiger partial charge is 0.316 e. The van der Waals surface area contributed by atoms with Gasteiger partial charge < -0.3 is 5.32 Å². The molecule has 0 spiro atoms. The number of thioether (sulfide) groups is 1. The number of aromatic nitrogens is 2. The summed E-state index contributed by atoms with van der Waals surface area (Å²) < 4.78 is 0. The third-order valence-electron chi connectivity index (χ3n) is 3.98. The molecule has 0 bridgehead atoms. The van der Waals surface area contributed by atoms with Crippen molar-refractivity contribution in [3.05, 3.63) is 18.0 Å². The Hall–Kier alpha value is -0.610. The van der Waals surface area contributed by atoms with Crippen LogP contribution in [0.2, 0.25) is 0 Å². The van der Waals surface area contributed by atoms with Crippen LogP contribution in [0.1, 0.15) is 44.6 Å². The van der Waals surface area contributed by atoms with Crippen molar-refractivity contribution >= 4 is 11.8 Å². The van der Waals surface area contributed by atoms with Crippen molar-refractivity contribution in [2.45, 2.75) is 62.4 Å². The van der Waals surface area contributed by atoms with Crippen molar-refractivity contribution in [3.8, 4) is 0 Å². The van der Waals surface area contributed by atoms with Gasteiger partial charge in [-0.15, -0.1) is 0 Å². The van der Waals surface area contributed by atoms with Crippen molar-refractivity contribution in [1.82, 2.24) is 15.3 Å². The van der Waals surface area contributed by atoms with Crippen LogP contribution in [-0.4, -0.2) is 28.3 Å². The Labute approximate surface area is 121 Å². The maximum absolute atomic E-state index is 4.44. The molecule has 19 heavy (non-hydrogen) atoms. The SMILES string of the molecule is CCCC1CCC(NC)C(Sc2ncc(C)cn2)C1. The van der Waals surface area contributed by atoms with E-state index in [0.717, 1.165) is 16.6 Å². The van der Waals surface area contributed by atoms with Crippen molar-refractivity contribution in [2.75, 3.05) is 7.05 Å². The fourth-order valence-electron chi connectivity index (χ4n) is 2.92. The lowest BCUT2D eigenvalue weighted by Gasteiger charge is -2.35. The van der Waals surface area contributed by atoms with Crippen LogP contribution in [0, 0.1) is 12.8 Å². The first-order valence-corrected chi connectivity index (χ1v) is 8.23. The summed E-state index contributed by atoms with van der Waals surface area (Å²) in [4.78, 5) is 8.87. The third-order valence-corrected chi connectivity index (χ3v) is 5.23. The topological polar surface area (TPSA) is 37.8 Å². The van der Waals surface area contributed by atoms with E-state index in [0.29, 0.717) is 11.3 Å². The quantitative estimate of drug-likeness (QED) is 0.838. The Morgan fingerprint density at radius 2 is 2.05 bits per heavy atom. The fourth-order valence-corrected chi connectivity index (χ4v) is 4.22. The summed E-state index contributed by atoms with van der Waals surface area (Å²) in [5.74, 6) is 0.887. The summed E-state index contributed by atoms with van der Waals surface area (Å²) >= 11 is 1.85. The smallest absolute Gasteiger partial charge is 0.187 e. The molecule has 0 aliphatic heterocycles. The standard InChI is InChI=1S/C15H25N3S/c1-4-5-12-6-7-13(16-3)14(8-12)19-15-17-9-11(2)10-18-15/h9-10,12-14,16H,4-8H2,1-3H3. The number of rotatable bonds is 5. The van der Waals surface area contributed by atoms with Crippen LogP contribution in [0.4, 0.5) is 0 Å². The molecule has 3 unspecified atom stereocenters. The molecule has 1 aliphatic carbocycles. The second-order valence-electron chi connectivity index (χ2n) is 5.56. The van der Waals surface area contributed by atoms with Gasteiger partial charge in [0.05, 0.1) is 0 Å². The molecular formula is C15H25N3S. The Morgan fingerprint density at radius 3 is 2.68 bits per heavy atom. The van der Waals surface area contributed by atoms with Gasteiger partial charge in [0, 0.05) is 23.7 Å². The van der Waals surface area contributed by atoms with Crippen LogP contribution in [0.25, 0.3) is 0 Å². The molecule has 1 aromatic heterocycles. The first-order valence-electron chi connectivity index (χ1n) is 7.35. The van der Waals surface area contributed by atoms with Gasteiger partial charge in [0.1, 0.15) is 0 Å². The summed E-state index contributed by atoms with van der Waals surface area (Å²) in [6, 6.07) is 0.600. The minimum absolute atomic E-state index is 0.600. The predicted molar refractivity (Wildman–Crippen MR) is 81.5 cm³/mol. The van der Waals surface area contributed by atoms with E-state index in [1.807, 2.05) is 31.1 Å². The lowest BCUT2D eigenvalue weighted by molar-refractivity contribution is 0.295. The van der Waals surface area contributed by atoms with Crippen LogP contribution in [0.15, 0.2) is 17.6 Å². The molecule has 106 valence electrons. The van der Waals surface area contributed by atoms with Gasteiger partial charge in [-0.1, -0.05) is 31.5 Å². The fraction of sp³-hybridized carbons (Fsp3) is 0.733.